The van der Waals surface area contributed by atoms with Crippen molar-refractivity contribution in [2.75, 3.05) is 5.32 Å². The van der Waals surface area contributed by atoms with Crippen molar-refractivity contribution in [3.05, 3.63) is 29.8 Å². The van der Waals surface area contributed by atoms with E-state index in [1.165, 1.54) is 0 Å². The van der Waals surface area contributed by atoms with E-state index in [-0.39, 0.29) is 11.9 Å². The monoisotopic (exact) mass is 321 g/mol. The molecule has 0 heterocycles. The van der Waals surface area contributed by atoms with Crippen LogP contribution in [0.15, 0.2) is 24.3 Å². The summed E-state index contributed by atoms with van der Waals surface area (Å²) in [6, 6.07) is 6.64. The Morgan fingerprint density at radius 1 is 1.17 bits per heavy atom. The average Bonchev–Trinajstić information content (AvgIpc) is 2.37. The van der Waals surface area contributed by atoms with Gasteiger partial charge in [-0.3, -0.25) is 10.1 Å². The maximum atomic E-state index is 11.8. The largest absolute Gasteiger partial charge is 0.444 e. The standard InChI is InChI=1S/C17H27N3O3/c1-11(2)19-15(21)14(18)10-12-6-8-13(9-7-12)20-16(22)23-17(3,4)5/h6-9,11,14H,10,18H2,1-5H3,(H,19,21)(H,20,22). The quantitative estimate of drug-likeness (QED) is 0.776. The molecule has 0 spiro atoms. The topological polar surface area (TPSA) is 93.5 Å². The molecule has 1 unspecified atom stereocenters. The van der Waals surface area contributed by atoms with Gasteiger partial charge < -0.3 is 15.8 Å². The number of hydrogen-bond donors (Lipinski definition) is 3. The van der Waals surface area contributed by atoms with Crippen molar-refractivity contribution >= 4 is 17.7 Å². The number of nitrogens with two attached hydrogens (primary N) is 1. The molecule has 0 fully saturated rings. The minimum absolute atomic E-state index is 0.0638. The van der Waals surface area contributed by atoms with E-state index in [1.807, 2.05) is 26.0 Å². The lowest BCUT2D eigenvalue weighted by Gasteiger charge is -2.19. The summed E-state index contributed by atoms with van der Waals surface area (Å²) in [7, 11) is 0. The molecule has 23 heavy (non-hydrogen) atoms. The normalized spacial score (nSPS) is 12.7. The highest BCUT2D eigenvalue weighted by Gasteiger charge is 2.17. The molecule has 0 radical (unpaired) electrons. The van der Waals surface area contributed by atoms with Gasteiger partial charge in [0.1, 0.15) is 5.60 Å². The average molecular weight is 321 g/mol. The van der Waals surface area contributed by atoms with Crippen molar-refractivity contribution in [1.82, 2.24) is 5.32 Å². The Bertz CT molecular complexity index is 533. The van der Waals surface area contributed by atoms with E-state index in [1.54, 1.807) is 32.9 Å². The molecule has 6 nitrogen and oxygen atoms in total. The van der Waals surface area contributed by atoms with E-state index in [2.05, 4.69) is 10.6 Å². The fourth-order valence-corrected chi connectivity index (χ4v) is 1.88. The van der Waals surface area contributed by atoms with E-state index < -0.39 is 17.7 Å². The van der Waals surface area contributed by atoms with Gasteiger partial charge in [0.15, 0.2) is 0 Å². The zero-order chi connectivity index (χ0) is 17.6. The first-order valence-corrected chi connectivity index (χ1v) is 7.72. The SMILES string of the molecule is CC(C)NC(=O)C(N)Cc1ccc(NC(=O)OC(C)(C)C)cc1. The number of carbonyl (C=O) groups is 2. The van der Waals surface area contributed by atoms with Gasteiger partial charge in [0.2, 0.25) is 5.91 Å². The molecule has 1 aromatic rings. The van der Waals surface area contributed by atoms with Crippen LogP contribution in [0.2, 0.25) is 0 Å². The Kier molecular flexibility index (Phi) is 6.57. The van der Waals surface area contributed by atoms with Crippen LogP contribution in [0.1, 0.15) is 40.2 Å². The Morgan fingerprint density at radius 3 is 2.22 bits per heavy atom. The van der Waals surface area contributed by atoms with Crippen LogP contribution in [0.25, 0.3) is 0 Å². The molecular formula is C17H27N3O3. The highest BCUT2D eigenvalue weighted by Crippen LogP contribution is 2.13. The minimum atomic E-state index is -0.595. The number of hydrogen-bond acceptors (Lipinski definition) is 4. The van der Waals surface area contributed by atoms with Crippen molar-refractivity contribution < 1.29 is 14.3 Å². The molecule has 0 aliphatic rings. The number of benzene rings is 1. The lowest BCUT2D eigenvalue weighted by molar-refractivity contribution is -0.122. The zero-order valence-electron chi connectivity index (χ0n) is 14.5. The maximum absolute atomic E-state index is 11.8. The van der Waals surface area contributed by atoms with Gasteiger partial charge in [-0.1, -0.05) is 12.1 Å². The van der Waals surface area contributed by atoms with Gasteiger partial charge in [-0.05, 0) is 58.7 Å². The number of rotatable bonds is 5. The molecule has 1 rings (SSSR count). The van der Waals surface area contributed by atoms with Gasteiger partial charge in [-0.25, -0.2) is 4.79 Å². The summed E-state index contributed by atoms with van der Waals surface area (Å²) in [5, 5.41) is 5.44. The Labute approximate surface area is 137 Å². The fraction of sp³-hybridized carbons (Fsp3) is 0.529. The van der Waals surface area contributed by atoms with Crippen molar-refractivity contribution in [2.24, 2.45) is 5.73 Å². The molecule has 1 atom stereocenters. The van der Waals surface area contributed by atoms with Crippen LogP contribution in [0, 0.1) is 0 Å². The molecule has 1 aromatic carbocycles. The van der Waals surface area contributed by atoms with E-state index in [0.717, 1.165) is 5.56 Å². The van der Waals surface area contributed by atoms with E-state index >= 15 is 0 Å². The Morgan fingerprint density at radius 2 is 1.74 bits per heavy atom. The molecule has 0 aromatic heterocycles. The van der Waals surface area contributed by atoms with Crippen LogP contribution in [0.4, 0.5) is 10.5 Å². The third-order valence-corrected chi connectivity index (χ3v) is 2.82. The second kappa shape index (κ2) is 7.97. The molecule has 0 bridgehead atoms. The van der Waals surface area contributed by atoms with Crippen molar-refractivity contribution in [2.45, 2.75) is 58.7 Å². The first-order valence-electron chi connectivity index (χ1n) is 7.72. The number of amides is 2. The molecule has 0 aliphatic heterocycles. The summed E-state index contributed by atoms with van der Waals surface area (Å²) in [6.45, 7) is 9.20. The number of ether oxygens (including phenoxy) is 1. The van der Waals surface area contributed by atoms with E-state index in [0.29, 0.717) is 12.1 Å². The molecule has 0 saturated carbocycles. The molecular weight excluding hydrogens is 294 g/mol. The van der Waals surface area contributed by atoms with Gasteiger partial charge in [-0.2, -0.15) is 0 Å². The Hall–Kier alpha value is -2.08. The number of carbonyl (C=O) groups excluding carboxylic acids is 2. The molecule has 4 N–H and O–H groups in total. The first-order chi connectivity index (χ1) is 10.6. The third-order valence-electron chi connectivity index (χ3n) is 2.82. The molecule has 0 aliphatic carbocycles. The lowest BCUT2D eigenvalue weighted by Crippen LogP contribution is -2.44. The number of anilines is 1. The summed E-state index contributed by atoms with van der Waals surface area (Å²) in [6.07, 6.45) is -0.0658. The van der Waals surface area contributed by atoms with Crippen LogP contribution in [-0.4, -0.2) is 29.7 Å². The molecule has 0 saturated heterocycles. The zero-order valence-corrected chi connectivity index (χ0v) is 14.5. The molecule has 128 valence electrons. The van der Waals surface area contributed by atoms with Crippen LogP contribution in [0.3, 0.4) is 0 Å². The third kappa shape index (κ3) is 7.65. The molecule has 6 heteroatoms. The van der Waals surface area contributed by atoms with Gasteiger partial charge in [-0.15, -0.1) is 0 Å². The summed E-state index contributed by atoms with van der Waals surface area (Å²) in [5.41, 5.74) is 6.89. The highest BCUT2D eigenvalue weighted by molar-refractivity contribution is 5.85. The van der Waals surface area contributed by atoms with Gasteiger partial charge in [0, 0.05) is 11.7 Å². The Balaban J connectivity index is 2.56. The second-order valence-corrected chi connectivity index (χ2v) is 6.80. The summed E-state index contributed by atoms with van der Waals surface area (Å²) in [5.74, 6) is -0.170. The summed E-state index contributed by atoms with van der Waals surface area (Å²) >= 11 is 0. The fourth-order valence-electron chi connectivity index (χ4n) is 1.88. The van der Waals surface area contributed by atoms with Gasteiger partial charge >= 0.3 is 6.09 Å². The van der Waals surface area contributed by atoms with E-state index in [4.69, 9.17) is 10.5 Å². The highest BCUT2D eigenvalue weighted by atomic mass is 16.6. The summed E-state index contributed by atoms with van der Waals surface area (Å²) in [4.78, 5) is 23.5. The van der Waals surface area contributed by atoms with Gasteiger partial charge in [0.25, 0.3) is 0 Å². The predicted molar refractivity (Wildman–Crippen MR) is 91.3 cm³/mol. The van der Waals surface area contributed by atoms with Crippen molar-refractivity contribution in [1.29, 1.82) is 0 Å². The van der Waals surface area contributed by atoms with Crippen LogP contribution >= 0.6 is 0 Å². The van der Waals surface area contributed by atoms with Crippen LogP contribution < -0.4 is 16.4 Å². The lowest BCUT2D eigenvalue weighted by atomic mass is 10.1. The second-order valence-electron chi connectivity index (χ2n) is 6.80. The van der Waals surface area contributed by atoms with Crippen molar-refractivity contribution in [3.8, 4) is 0 Å². The smallest absolute Gasteiger partial charge is 0.412 e. The van der Waals surface area contributed by atoms with Crippen LogP contribution in [-0.2, 0) is 16.0 Å². The maximum Gasteiger partial charge on any atom is 0.412 e. The molecule has 2 amide bonds. The van der Waals surface area contributed by atoms with Crippen molar-refractivity contribution in [3.63, 3.8) is 0 Å². The predicted octanol–water partition coefficient (Wildman–Crippen LogP) is 2.43. The number of nitrogens with one attached hydrogen (secondary N) is 2. The van der Waals surface area contributed by atoms with Gasteiger partial charge in [0.05, 0.1) is 6.04 Å². The van der Waals surface area contributed by atoms with E-state index in [9.17, 15) is 9.59 Å². The first kappa shape index (κ1) is 19.0. The van der Waals surface area contributed by atoms with Crippen LogP contribution in [0.5, 0.6) is 0 Å². The summed E-state index contributed by atoms with van der Waals surface area (Å²) < 4.78 is 5.18. The minimum Gasteiger partial charge on any atom is -0.444 e.